The third-order valence-electron chi connectivity index (χ3n) is 1.61. The molecule has 12 heavy (non-hydrogen) atoms. The summed E-state index contributed by atoms with van der Waals surface area (Å²) in [6.45, 7) is 3.91. The van der Waals surface area contributed by atoms with Gasteiger partial charge in [0.1, 0.15) is 5.70 Å². The number of allylic oxidation sites excluding steroid dienone is 1. The van der Waals surface area contributed by atoms with Crippen molar-refractivity contribution >= 4 is 11.9 Å². The summed E-state index contributed by atoms with van der Waals surface area (Å²) in [7, 11) is 1.58. The number of urea groups is 1. The molecule has 0 aliphatic carbocycles. The van der Waals surface area contributed by atoms with Crippen molar-refractivity contribution in [1.82, 2.24) is 10.2 Å². The smallest absolute Gasteiger partial charge is 0.292 e. The molecule has 0 radical (unpaired) electrons. The highest BCUT2D eigenvalue weighted by molar-refractivity contribution is 6.11. The van der Waals surface area contributed by atoms with Crippen LogP contribution >= 0.6 is 0 Å². The van der Waals surface area contributed by atoms with E-state index in [9.17, 15) is 9.59 Å². The number of hydrogen-bond donors (Lipinski definition) is 1. The second-order valence-corrected chi connectivity index (χ2v) is 3.11. The van der Waals surface area contributed by atoms with E-state index in [4.69, 9.17) is 0 Å². The van der Waals surface area contributed by atoms with Crippen molar-refractivity contribution in [2.24, 2.45) is 5.92 Å². The summed E-state index contributed by atoms with van der Waals surface area (Å²) in [6.07, 6.45) is 1.76. The zero-order valence-corrected chi connectivity index (χ0v) is 7.42. The van der Waals surface area contributed by atoms with Crippen molar-refractivity contribution in [2.75, 3.05) is 7.05 Å². The van der Waals surface area contributed by atoms with E-state index in [2.05, 4.69) is 5.32 Å². The van der Waals surface area contributed by atoms with E-state index in [1.165, 1.54) is 4.90 Å². The van der Waals surface area contributed by atoms with Gasteiger partial charge < -0.3 is 0 Å². The van der Waals surface area contributed by atoms with Crippen molar-refractivity contribution in [3.05, 3.63) is 11.8 Å². The Balaban J connectivity index is 2.90. The predicted octanol–water partition coefficient (Wildman–Crippen LogP) is 0.708. The zero-order chi connectivity index (χ0) is 9.30. The molecule has 0 saturated carbocycles. The van der Waals surface area contributed by atoms with Gasteiger partial charge in [-0.15, -0.1) is 0 Å². The first kappa shape index (κ1) is 8.77. The molecule has 0 spiro atoms. The van der Waals surface area contributed by atoms with Crippen molar-refractivity contribution in [2.45, 2.75) is 13.8 Å². The van der Waals surface area contributed by atoms with Crippen LogP contribution in [0.4, 0.5) is 4.79 Å². The molecule has 1 aliphatic heterocycles. The van der Waals surface area contributed by atoms with Gasteiger partial charge in [0.25, 0.3) is 5.91 Å². The number of hydrogen-bond acceptors (Lipinski definition) is 2. The number of nitrogens with zero attached hydrogens (tertiary/aromatic N) is 1. The number of carbonyl (C=O) groups is 2. The maximum absolute atomic E-state index is 11.1. The van der Waals surface area contributed by atoms with Crippen LogP contribution in [0.5, 0.6) is 0 Å². The first-order valence-electron chi connectivity index (χ1n) is 3.83. The quantitative estimate of drug-likeness (QED) is 0.463. The van der Waals surface area contributed by atoms with Crippen LogP contribution in [0.2, 0.25) is 0 Å². The van der Waals surface area contributed by atoms with Crippen LogP contribution in [0.3, 0.4) is 0 Å². The lowest BCUT2D eigenvalue weighted by Crippen LogP contribution is -2.24. The van der Waals surface area contributed by atoms with Gasteiger partial charge in [0.15, 0.2) is 0 Å². The summed E-state index contributed by atoms with van der Waals surface area (Å²) >= 11 is 0. The molecule has 1 N–H and O–H groups in total. The second kappa shape index (κ2) is 2.97. The molecule has 1 fully saturated rings. The van der Waals surface area contributed by atoms with E-state index >= 15 is 0 Å². The number of imide groups is 1. The van der Waals surface area contributed by atoms with Crippen LogP contribution in [0, 0.1) is 5.92 Å². The van der Waals surface area contributed by atoms with Gasteiger partial charge in [0, 0.05) is 7.05 Å². The minimum absolute atomic E-state index is 0.263. The summed E-state index contributed by atoms with van der Waals surface area (Å²) in [6, 6.07) is -0.355. The third kappa shape index (κ3) is 1.47. The van der Waals surface area contributed by atoms with Crippen molar-refractivity contribution in [3.63, 3.8) is 0 Å². The van der Waals surface area contributed by atoms with Gasteiger partial charge in [0.2, 0.25) is 0 Å². The lowest BCUT2D eigenvalue weighted by atomic mass is 10.2. The van der Waals surface area contributed by atoms with Crippen molar-refractivity contribution in [3.8, 4) is 0 Å². The summed E-state index contributed by atoms with van der Waals surface area (Å²) in [5.74, 6) is -0.0460. The van der Waals surface area contributed by atoms with Crippen LogP contribution in [0.25, 0.3) is 0 Å². The van der Waals surface area contributed by atoms with Gasteiger partial charge in [0.05, 0.1) is 0 Å². The normalized spacial score (nSPS) is 21.0. The van der Waals surface area contributed by atoms with Gasteiger partial charge in [-0.1, -0.05) is 19.9 Å². The van der Waals surface area contributed by atoms with E-state index in [0.29, 0.717) is 5.70 Å². The Kier molecular flexibility index (Phi) is 2.17. The Hall–Kier alpha value is -1.32. The summed E-state index contributed by atoms with van der Waals surface area (Å²) in [5, 5.41) is 2.20. The lowest BCUT2D eigenvalue weighted by molar-refractivity contribution is -0.116. The molecule has 1 rings (SSSR count). The number of likely N-dealkylation sites (N-methyl/N-ethyl adjacent to an activating group) is 1. The van der Waals surface area contributed by atoms with Crippen LogP contribution in [0.1, 0.15) is 13.8 Å². The summed E-state index contributed by atoms with van der Waals surface area (Å²) in [5.41, 5.74) is 0.440. The van der Waals surface area contributed by atoms with Gasteiger partial charge in [-0.3, -0.25) is 15.0 Å². The van der Waals surface area contributed by atoms with Crippen LogP contribution < -0.4 is 5.32 Å². The maximum Gasteiger partial charge on any atom is 0.328 e. The Morgan fingerprint density at radius 2 is 2.00 bits per heavy atom. The molecule has 0 aromatic carbocycles. The lowest BCUT2D eigenvalue weighted by Gasteiger charge is -2.07. The fraction of sp³-hybridized carbons (Fsp3) is 0.500. The van der Waals surface area contributed by atoms with E-state index < -0.39 is 0 Å². The van der Waals surface area contributed by atoms with Crippen molar-refractivity contribution < 1.29 is 9.59 Å². The van der Waals surface area contributed by atoms with E-state index in [1.54, 1.807) is 13.1 Å². The van der Waals surface area contributed by atoms with E-state index in [1.807, 2.05) is 13.8 Å². The second-order valence-electron chi connectivity index (χ2n) is 3.11. The third-order valence-corrected chi connectivity index (χ3v) is 1.61. The predicted molar refractivity (Wildman–Crippen MR) is 44.2 cm³/mol. The average molecular weight is 168 g/mol. The molecule has 4 heteroatoms. The van der Waals surface area contributed by atoms with Gasteiger partial charge in [-0.05, 0) is 5.92 Å². The largest absolute Gasteiger partial charge is 0.328 e. The van der Waals surface area contributed by atoms with Gasteiger partial charge >= 0.3 is 6.03 Å². The molecule has 0 atom stereocenters. The molecule has 0 bridgehead atoms. The van der Waals surface area contributed by atoms with Crippen LogP contribution in [-0.4, -0.2) is 23.9 Å². The van der Waals surface area contributed by atoms with Crippen LogP contribution in [0.15, 0.2) is 11.8 Å². The standard InChI is InChI=1S/C8H12N2O2/c1-5(2)4-6-7(11)9-8(12)10(6)3/h4-5H,1-3H3,(H,9,11,12)/b6-4+. The van der Waals surface area contributed by atoms with Gasteiger partial charge in [-0.25, -0.2) is 4.79 Å². The van der Waals surface area contributed by atoms with E-state index in [-0.39, 0.29) is 17.9 Å². The number of amides is 3. The fourth-order valence-electron chi connectivity index (χ4n) is 1.01. The Bertz CT molecular complexity index is 256. The molecule has 0 aromatic rings. The maximum atomic E-state index is 11.1. The highest BCUT2D eigenvalue weighted by Gasteiger charge is 2.29. The minimum atomic E-state index is -0.355. The highest BCUT2D eigenvalue weighted by Crippen LogP contribution is 2.12. The number of nitrogens with one attached hydrogen (secondary N) is 1. The molecule has 66 valence electrons. The molecule has 0 aromatic heterocycles. The Labute approximate surface area is 71.2 Å². The van der Waals surface area contributed by atoms with Crippen LogP contribution in [-0.2, 0) is 4.79 Å². The molecule has 1 aliphatic rings. The topological polar surface area (TPSA) is 49.4 Å². The zero-order valence-electron chi connectivity index (χ0n) is 7.42. The average Bonchev–Trinajstić information content (AvgIpc) is 2.16. The SMILES string of the molecule is CC(C)/C=C1\C(=O)NC(=O)N1C. The first-order chi connectivity index (χ1) is 5.52. The summed E-state index contributed by atoms with van der Waals surface area (Å²) < 4.78 is 0. The van der Waals surface area contributed by atoms with Gasteiger partial charge in [-0.2, -0.15) is 0 Å². The monoisotopic (exact) mass is 168 g/mol. The molecule has 4 nitrogen and oxygen atoms in total. The molecule has 0 unspecified atom stereocenters. The fourth-order valence-corrected chi connectivity index (χ4v) is 1.01. The summed E-state index contributed by atoms with van der Waals surface area (Å²) in [4.78, 5) is 23.3. The Morgan fingerprint density at radius 1 is 1.42 bits per heavy atom. The molecule has 1 heterocycles. The minimum Gasteiger partial charge on any atom is -0.292 e. The number of carbonyl (C=O) groups excluding carboxylic acids is 2. The first-order valence-corrected chi connectivity index (χ1v) is 3.83. The molecule has 3 amide bonds. The van der Waals surface area contributed by atoms with Crippen molar-refractivity contribution in [1.29, 1.82) is 0 Å². The molecule has 1 saturated heterocycles. The highest BCUT2D eigenvalue weighted by atomic mass is 16.2. The molecular weight excluding hydrogens is 156 g/mol. The molecular formula is C8H12N2O2. The van der Waals surface area contributed by atoms with E-state index in [0.717, 1.165) is 0 Å². The number of rotatable bonds is 1. The Morgan fingerprint density at radius 3 is 2.33 bits per heavy atom.